The summed E-state index contributed by atoms with van der Waals surface area (Å²) in [5.41, 5.74) is 0. The van der Waals surface area contributed by atoms with Crippen LogP contribution in [-0.2, 0) is 14.3 Å². The topological polar surface area (TPSA) is 43.4 Å². The van der Waals surface area contributed by atoms with Crippen LogP contribution >= 0.6 is 0 Å². The molecule has 0 aliphatic carbocycles. The van der Waals surface area contributed by atoms with Crippen LogP contribution in [0.2, 0.25) is 0 Å². The highest BCUT2D eigenvalue weighted by Crippen LogP contribution is 2.36. The van der Waals surface area contributed by atoms with Crippen LogP contribution in [0, 0.1) is 0 Å². The van der Waals surface area contributed by atoms with Gasteiger partial charge in [0.15, 0.2) is 0 Å². The van der Waals surface area contributed by atoms with E-state index in [9.17, 15) is 43.5 Å². The standard InChI is InChI=1S/C4H2F8O3S/c5-1(6)3(9,10)15-16(13,14)4(11,12)2(7)8/h1-2H. The maximum Gasteiger partial charge on any atom is 0.430 e. The number of rotatable bonds is 5. The third-order valence-corrected chi connectivity index (χ3v) is 2.35. The first-order valence-corrected chi connectivity index (χ1v) is 4.52. The molecule has 0 saturated carbocycles. The van der Waals surface area contributed by atoms with Gasteiger partial charge in [0.2, 0.25) is 0 Å². The Hall–Kier alpha value is -0.650. The molecule has 0 fully saturated rings. The molecule has 0 aromatic heterocycles. The summed E-state index contributed by atoms with van der Waals surface area (Å²) >= 11 is 0. The van der Waals surface area contributed by atoms with Crippen molar-refractivity contribution in [3.63, 3.8) is 0 Å². The van der Waals surface area contributed by atoms with Crippen LogP contribution in [0.15, 0.2) is 0 Å². The summed E-state index contributed by atoms with van der Waals surface area (Å²) in [6.07, 6.45) is -15.5. The van der Waals surface area contributed by atoms with Crippen LogP contribution in [0.4, 0.5) is 35.1 Å². The van der Waals surface area contributed by atoms with Crippen molar-refractivity contribution in [1.82, 2.24) is 0 Å². The first-order valence-electron chi connectivity index (χ1n) is 3.11. The Kier molecular flexibility index (Phi) is 4.14. The summed E-state index contributed by atoms with van der Waals surface area (Å²) in [6.45, 7) is 0. The smallest absolute Gasteiger partial charge is 0.202 e. The molecule has 16 heavy (non-hydrogen) atoms. The molecule has 0 heterocycles. The Morgan fingerprint density at radius 3 is 1.50 bits per heavy atom. The molecule has 12 heteroatoms. The third-order valence-electron chi connectivity index (χ3n) is 1.06. The summed E-state index contributed by atoms with van der Waals surface area (Å²) in [7, 11) is -6.88. The molecule has 0 N–H and O–H groups in total. The predicted molar refractivity (Wildman–Crippen MR) is 31.9 cm³/mol. The molecule has 0 rings (SSSR count). The average Bonchev–Trinajstić information content (AvgIpc) is 2.00. The van der Waals surface area contributed by atoms with E-state index in [1.807, 2.05) is 0 Å². The molecule has 0 spiro atoms. The maximum atomic E-state index is 12.1. The first kappa shape index (κ1) is 15.3. The third kappa shape index (κ3) is 2.93. The molecule has 0 amide bonds. The van der Waals surface area contributed by atoms with Crippen molar-refractivity contribution < 1.29 is 47.7 Å². The molecule has 0 bridgehead atoms. The molecule has 0 aliphatic heterocycles. The lowest BCUT2D eigenvalue weighted by Crippen LogP contribution is -2.43. The fourth-order valence-corrected chi connectivity index (χ4v) is 1.04. The Morgan fingerprint density at radius 1 is 0.875 bits per heavy atom. The second-order valence-corrected chi connectivity index (χ2v) is 3.88. The predicted octanol–water partition coefficient (Wildman–Crippen LogP) is 2.05. The zero-order valence-electron chi connectivity index (χ0n) is 6.81. The Balaban J connectivity index is 5.13. The van der Waals surface area contributed by atoms with E-state index in [1.54, 1.807) is 0 Å². The van der Waals surface area contributed by atoms with Gasteiger partial charge in [0, 0.05) is 0 Å². The minimum absolute atomic E-state index is 2.07. The van der Waals surface area contributed by atoms with E-state index in [1.165, 1.54) is 0 Å². The molecule has 0 unspecified atom stereocenters. The van der Waals surface area contributed by atoms with Crippen LogP contribution in [0.1, 0.15) is 0 Å². The van der Waals surface area contributed by atoms with Crippen molar-refractivity contribution in [2.24, 2.45) is 0 Å². The Bertz CT molecular complexity index is 335. The van der Waals surface area contributed by atoms with E-state index in [4.69, 9.17) is 0 Å². The lowest BCUT2D eigenvalue weighted by molar-refractivity contribution is -0.255. The van der Waals surface area contributed by atoms with Crippen LogP contribution in [-0.4, -0.2) is 32.6 Å². The highest BCUT2D eigenvalue weighted by Gasteiger charge is 2.60. The number of hydrogen-bond donors (Lipinski definition) is 0. The second kappa shape index (κ2) is 4.31. The molecular formula is C4H2F8O3S. The monoisotopic (exact) mass is 282 g/mol. The highest BCUT2D eigenvalue weighted by molar-refractivity contribution is 7.87. The van der Waals surface area contributed by atoms with Gasteiger partial charge in [-0.3, -0.25) is 0 Å². The molecule has 98 valence electrons. The quantitative estimate of drug-likeness (QED) is 0.572. The Labute approximate surface area is 83.1 Å². The molecule has 0 aromatic carbocycles. The van der Waals surface area contributed by atoms with Crippen LogP contribution in [0.25, 0.3) is 0 Å². The lowest BCUT2D eigenvalue weighted by Gasteiger charge is -2.19. The second-order valence-electron chi connectivity index (χ2n) is 2.26. The van der Waals surface area contributed by atoms with Crippen molar-refractivity contribution >= 4 is 10.1 Å². The van der Waals surface area contributed by atoms with Crippen LogP contribution in [0.3, 0.4) is 0 Å². The summed E-state index contributed by atoms with van der Waals surface area (Å²) in [6, 6.07) is 0. The van der Waals surface area contributed by atoms with Gasteiger partial charge in [-0.05, 0) is 0 Å². The molecular weight excluding hydrogens is 280 g/mol. The van der Waals surface area contributed by atoms with Gasteiger partial charge in [-0.1, -0.05) is 0 Å². The molecule has 3 nitrogen and oxygen atoms in total. The summed E-state index contributed by atoms with van der Waals surface area (Å²) < 4.78 is 116. The SMILES string of the molecule is O=S(=O)(OC(F)(F)C(F)F)C(F)(F)C(F)F. The number of hydrogen-bond acceptors (Lipinski definition) is 3. The lowest BCUT2D eigenvalue weighted by atomic mass is 10.7. The van der Waals surface area contributed by atoms with E-state index in [0.29, 0.717) is 0 Å². The summed E-state index contributed by atoms with van der Waals surface area (Å²) in [5.74, 6) is 0. The van der Waals surface area contributed by atoms with Crippen molar-refractivity contribution in [3.05, 3.63) is 0 Å². The van der Waals surface area contributed by atoms with Crippen molar-refractivity contribution in [2.75, 3.05) is 0 Å². The summed E-state index contributed by atoms with van der Waals surface area (Å²) in [4.78, 5) is 0. The molecule has 0 aliphatic rings. The van der Waals surface area contributed by atoms with Gasteiger partial charge in [-0.2, -0.15) is 30.2 Å². The van der Waals surface area contributed by atoms with Crippen LogP contribution in [0.5, 0.6) is 0 Å². The highest BCUT2D eigenvalue weighted by atomic mass is 32.2. The van der Waals surface area contributed by atoms with Crippen molar-refractivity contribution in [1.29, 1.82) is 0 Å². The van der Waals surface area contributed by atoms with Gasteiger partial charge in [0.1, 0.15) is 0 Å². The largest absolute Gasteiger partial charge is 0.430 e. The minimum atomic E-state index is -6.88. The Morgan fingerprint density at radius 2 is 1.25 bits per heavy atom. The van der Waals surface area contributed by atoms with Gasteiger partial charge in [0.25, 0.3) is 0 Å². The van der Waals surface area contributed by atoms with Gasteiger partial charge >= 0.3 is 34.3 Å². The molecule has 0 aromatic rings. The van der Waals surface area contributed by atoms with E-state index >= 15 is 0 Å². The zero-order chi connectivity index (χ0) is 13.4. The maximum absolute atomic E-state index is 12.1. The first-order chi connectivity index (χ1) is 6.84. The van der Waals surface area contributed by atoms with E-state index in [-0.39, 0.29) is 0 Å². The molecule has 0 atom stereocenters. The number of halogens is 8. The van der Waals surface area contributed by atoms with Gasteiger partial charge < -0.3 is 0 Å². The van der Waals surface area contributed by atoms with Gasteiger partial charge in [-0.25, -0.2) is 17.6 Å². The fourth-order valence-electron chi connectivity index (χ4n) is 0.347. The van der Waals surface area contributed by atoms with Gasteiger partial charge in [-0.15, -0.1) is 0 Å². The van der Waals surface area contributed by atoms with Crippen molar-refractivity contribution in [2.45, 2.75) is 24.2 Å². The van der Waals surface area contributed by atoms with Crippen molar-refractivity contribution in [3.8, 4) is 0 Å². The van der Waals surface area contributed by atoms with Crippen LogP contribution < -0.4 is 0 Å². The number of alkyl halides is 8. The minimum Gasteiger partial charge on any atom is -0.202 e. The summed E-state index contributed by atoms with van der Waals surface area (Å²) in [5, 5.41) is -6.01. The molecule has 0 radical (unpaired) electrons. The van der Waals surface area contributed by atoms with Gasteiger partial charge in [0.05, 0.1) is 0 Å². The van der Waals surface area contributed by atoms with E-state index in [0.717, 1.165) is 0 Å². The zero-order valence-corrected chi connectivity index (χ0v) is 7.63. The molecule has 0 saturated heterocycles. The average molecular weight is 282 g/mol. The normalized spacial score (nSPS) is 14.9. The fraction of sp³-hybridized carbons (Fsp3) is 1.00. The van der Waals surface area contributed by atoms with E-state index in [2.05, 4.69) is 4.18 Å². The van der Waals surface area contributed by atoms with E-state index < -0.39 is 34.3 Å².